The highest BCUT2D eigenvalue weighted by Crippen LogP contribution is 2.14. The van der Waals surface area contributed by atoms with E-state index in [1.165, 1.54) is 19.3 Å². The van der Waals surface area contributed by atoms with E-state index in [2.05, 4.69) is 4.90 Å². The number of amides is 1. The third-order valence-electron chi connectivity index (χ3n) is 3.09. The fourth-order valence-corrected chi connectivity index (χ4v) is 3.03. The fourth-order valence-electron chi connectivity index (χ4n) is 2.09. The van der Waals surface area contributed by atoms with E-state index in [4.69, 9.17) is 4.74 Å². The molecule has 0 radical (unpaired) electrons. The van der Waals surface area contributed by atoms with E-state index in [9.17, 15) is 4.79 Å². The topological polar surface area (TPSA) is 32.8 Å². The van der Waals surface area contributed by atoms with Gasteiger partial charge in [0.05, 0.1) is 5.88 Å². The molecule has 0 aromatic carbocycles. The minimum Gasteiger partial charge on any atom is -0.448 e. The summed E-state index contributed by atoms with van der Waals surface area (Å²) in [5.41, 5.74) is 0. The van der Waals surface area contributed by atoms with E-state index < -0.39 is 0 Å². The number of thioether (sulfide) groups is 1. The van der Waals surface area contributed by atoms with Crippen LogP contribution in [-0.4, -0.2) is 60.3 Å². The first-order valence-corrected chi connectivity index (χ1v) is 7.23. The largest absolute Gasteiger partial charge is 0.448 e. The molecule has 92 valence electrons. The van der Waals surface area contributed by atoms with Gasteiger partial charge in [-0.1, -0.05) is 6.42 Å². The quantitative estimate of drug-likeness (QED) is 0.755. The van der Waals surface area contributed by atoms with Gasteiger partial charge in [-0.3, -0.25) is 9.80 Å². The summed E-state index contributed by atoms with van der Waals surface area (Å²) in [4.78, 5) is 15.7. The number of carbonyl (C=O) groups excluding carboxylic acids is 1. The molecule has 16 heavy (non-hydrogen) atoms. The molecule has 0 atom stereocenters. The van der Waals surface area contributed by atoms with Gasteiger partial charge in [-0.25, -0.2) is 4.79 Å². The summed E-state index contributed by atoms with van der Waals surface area (Å²) in [5.74, 6) is 1.84. The van der Waals surface area contributed by atoms with E-state index in [0.29, 0.717) is 6.61 Å². The van der Waals surface area contributed by atoms with E-state index in [1.54, 1.807) is 16.7 Å². The van der Waals surface area contributed by atoms with Crippen molar-refractivity contribution >= 4 is 17.9 Å². The van der Waals surface area contributed by atoms with Crippen LogP contribution < -0.4 is 0 Å². The molecule has 0 saturated carbocycles. The van der Waals surface area contributed by atoms with Gasteiger partial charge in [-0.05, 0) is 25.9 Å². The minimum absolute atomic E-state index is 0.137. The zero-order chi connectivity index (χ0) is 11.2. The highest BCUT2D eigenvalue weighted by atomic mass is 32.2. The van der Waals surface area contributed by atoms with Gasteiger partial charge in [0.2, 0.25) is 0 Å². The minimum atomic E-state index is -0.137. The Balaban J connectivity index is 1.57. The second kappa shape index (κ2) is 6.35. The summed E-state index contributed by atoms with van der Waals surface area (Å²) in [5, 5.41) is 0. The average Bonchev–Trinajstić information content (AvgIpc) is 2.84. The van der Waals surface area contributed by atoms with Crippen molar-refractivity contribution in [2.75, 3.05) is 44.4 Å². The fraction of sp³-hybridized carbons (Fsp3) is 0.909. The Kier molecular flexibility index (Phi) is 4.78. The van der Waals surface area contributed by atoms with E-state index in [0.717, 1.165) is 37.8 Å². The van der Waals surface area contributed by atoms with Crippen LogP contribution in [0, 0.1) is 0 Å². The first-order chi connectivity index (χ1) is 7.86. The molecule has 2 aliphatic rings. The molecule has 2 heterocycles. The lowest BCUT2D eigenvalue weighted by molar-refractivity contribution is 0.0951. The molecular weight excluding hydrogens is 224 g/mol. The predicted octanol–water partition coefficient (Wildman–Crippen LogP) is 1.62. The van der Waals surface area contributed by atoms with Crippen molar-refractivity contribution in [1.29, 1.82) is 0 Å². The molecular formula is C11H20N2O2S. The number of rotatable bonds is 3. The van der Waals surface area contributed by atoms with Gasteiger partial charge in [-0.2, -0.15) is 0 Å². The van der Waals surface area contributed by atoms with Crippen molar-refractivity contribution in [2.45, 2.75) is 19.3 Å². The second-order valence-electron chi connectivity index (χ2n) is 4.32. The van der Waals surface area contributed by atoms with Crippen molar-refractivity contribution in [3.63, 3.8) is 0 Å². The summed E-state index contributed by atoms with van der Waals surface area (Å²) in [6, 6.07) is 0. The monoisotopic (exact) mass is 244 g/mol. The number of hydrogen-bond acceptors (Lipinski definition) is 4. The van der Waals surface area contributed by atoms with Gasteiger partial charge in [-0.15, -0.1) is 11.8 Å². The number of carbonyl (C=O) groups is 1. The molecule has 0 bridgehead atoms. The van der Waals surface area contributed by atoms with Crippen LogP contribution in [-0.2, 0) is 4.74 Å². The van der Waals surface area contributed by atoms with Crippen LogP contribution >= 0.6 is 11.8 Å². The van der Waals surface area contributed by atoms with Crippen molar-refractivity contribution in [3.8, 4) is 0 Å². The number of piperidine rings is 1. The highest BCUT2D eigenvalue weighted by molar-refractivity contribution is 7.99. The lowest BCUT2D eigenvalue weighted by Crippen LogP contribution is -2.35. The Morgan fingerprint density at radius 3 is 2.69 bits per heavy atom. The Hall–Kier alpha value is -0.420. The van der Waals surface area contributed by atoms with E-state index in [-0.39, 0.29) is 6.09 Å². The van der Waals surface area contributed by atoms with Crippen molar-refractivity contribution in [3.05, 3.63) is 0 Å². The predicted molar refractivity (Wildman–Crippen MR) is 65.7 cm³/mol. The Morgan fingerprint density at radius 2 is 2.00 bits per heavy atom. The lowest BCUT2D eigenvalue weighted by Gasteiger charge is -2.26. The normalized spacial score (nSPS) is 22.4. The molecule has 0 spiro atoms. The molecule has 2 rings (SSSR count). The molecule has 0 aromatic rings. The van der Waals surface area contributed by atoms with Gasteiger partial charge in [0.15, 0.2) is 0 Å². The van der Waals surface area contributed by atoms with Crippen LogP contribution in [0.5, 0.6) is 0 Å². The summed E-state index contributed by atoms with van der Waals surface area (Å²) in [6.45, 7) is 4.61. The maximum Gasteiger partial charge on any atom is 0.410 e. The molecule has 5 heteroatoms. The molecule has 2 aliphatic heterocycles. The SMILES string of the molecule is O=C(OCCN1CCCCC1)N1CCSC1. The molecule has 0 N–H and O–H groups in total. The third kappa shape index (κ3) is 3.56. The standard InChI is InChI=1S/C11H20N2O2S/c14-11(13-7-9-16-10-13)15-8-6-12-4-2-1-3-5-12/h1-10H2. The summed E-state index contributed by atoms with van der Waals surface area (Å²) < 4.78 is 5.26. The summed E-state index contributed by atoms with van der Waals surface area (Å²) in [6.07, 6.45) is 3.79. The third-order valence-corrected chi connectivity index (χ3v) is 4.06. The zero-order valence-corrected chi connectivity index (χ0v) is 10.5. The zero-order valence-electron chi connectivity index (χ0n) is 9.69. The highest BCUT2D eigenvalue weighted by Gasteiger charge is 2.19. The molecule has 2 saturated heterocycles. The molecule has 1 amide bonds. The van der Waals surface area contributed by atoms with Gasteiger partial charge >= 0.3 is 6.09 Å². The van der Waals surface area contributed by atoms with Gasteiger partial charge in [0.1, 0.15) is 6.61 Å². The maximum atomic E-state index is 11.6. The van der Waals surface area contributed by atoms with E-state index in [1.807, 2.05) is 0 Å². The van der Waals surface area contributed by atoms with Crippen LogP contribution in [0.4, 0.5) is 4.79 Å². The van der Waals surface area contributed by atoms with Crippen LogP contribution in [0.1, 0.15) is 19.3 Å². The van der Waals surface area contributed by atoms with Crippen LogP contribution in [0.25, 0.3) is 0 Å². The smallest absolute Gasteiger partial charge is 0.410 e. The lowest BCUT2D eigenvalue weighted by atomic mass is 10.1. The van der Waals surface area contributed by atoms with Gasteiger partial charge in [0.25, 0.3) is 0 Å². The molecule has 0 unspecified atom stereocenters. The first-order valence-electron chi connectivity index (χ1n) is 6.08. The Bertz CT molecular complexity index is 226. The Morgan fingerprint density at radius 1 is 1.19 bits per heavy atom. The number of nitrogens with zero attached hydrogens (tertiary/aromatic N) is 2. The summed E-state index contributed by atoms with van der Waals surface area (Å²) in [7, 11) is 0. The maximum absolute atomic E-state index is 11.6. The molecule has 0 aromatic heterocycles. The van der Waals surface area contributed by atoms with E-state index >= 15 is 0 Å². The number of ether oxygens (including phenoxy) is 1. The van der Waals surface area contributed by atoms with Crippen LogP contribution in [0.15, 0.2) is 0 Å². The number of likely N-dealkylation sites (tertiary alicyclic amines) is 1. The van der Waals surface area contributed by atoms with Gasteiger partial charge in [0, 0.05) is 18.8 Å². The average molecular weight is 244 g/mol. The molecule has 4 nitrogen and oxygen atoms in total. The summed E-state index contributed by atoms with van der Waals surface area (Å²) >= 11 is 1.79. The van der Waals surface area contributed by atoms with Crippen molar-refractivity contribution < 1.29 is 9.53 Å². The number of hydrogen-bond donors (Lipinski definition) is 0. The van der Waals surface area contributed by atoms with Crippen molar-refractivity contribution in [1.82, 2.24) is 9.80 Å². The Labute approximate surface area is 101 Å². The molecule has 0 aliphatic carbocycles. The second-order valence-corrected chi connectivity index (χ2v) is 5.39. The van der Waals surface area contributed by atoms with Gasteiger partial charge < -0.3 is 4.74 Å². The van der Waals surface area contributed by atoms with Crippen molar-refractivity contribution in [2.24, 2.45) is 0 Å². The molecule has 2 fully saturated rings. The first kappa shape index (κ1) is 12.0. The van der Waals surface area contributed by atoms with Crippen LogP contribution in [0.2, 0.25) is 0 Å². The van der Waals surface area contributed by atoms with Crippen LogP contribution in [0.3, 0.4) is 0 Å².